The van der Waals surface area contributed by atoms with Gasteiger partial charge in [0.1, 0.15) is 12.1 Å². The van der Waals surface area contributed by atoms with Crippen LogP contribution in [0.3, 0.4) is 0 Å². The molecule has 0 bridgehead atoms. The molecule has 12 nitrogen and oxygen atoms in total. The number of hydrogen-bond donors (Lipinski definition) is 4. The summed E-state index contributed by atoms with van der Waals surface area (Å²) in [6, 6.07) is 11.6. The maximum atomic E-state index is 12.2. The van der Waals surface area contributed by atoms with Crippen molar-refractivity contribution in [2.75, 3.05) is 0 Å². The number of benzene rings is 2. The highest BCUT2D eigenvalue weighted by Crippen LogP contribution is 2.22. The lowest BCUT2D eigenvalue weighted by Gasteiger charge is -2.40. The Hall–Kier alpha value is -4.42. The number of carboxylic acid groups (broad SMARTS) is 2. The number of ether oxygens (including phenoxy) is 2. The lowest BCUT2D eigenvalue weighted by Crippen LogP contribution is -2.62. The van der Waals surface area contributed by atoms with Crippen molar-refractivity contribution in [3.8, 4) is 0 Å². The van der Waals surface area contributed by atoms with E-state index in [4.69, 9.17) is 9.47 Å². The second kappa shape index (κ2) is 13.2. The van der Waals surface area contributed by atoms with Gasteiger partial charge in [-0.25, -0.2) is 9.59 Å². The first-order valence-electron chi connectivity index (χ1n) is 11.7. The molecule has 0 spiro atoms. The monoisotopic (exact) mass is 526 g/mol. The summed E-state index contributed by atoms with van der Waals surface area (Å²) in [6.07, 6.45) is -0.369. The average molecular weight is 526 g/mol. The highest BCUT2D eigenvalue weighted by molar-refractivity contribution is 5.98. The van der Waals surface area contributed by atoms with Crippen LogP contribution in [-0.4, -0.2) is 70.2 Å². The van der Waals surface area contributed by atoms with Crippen LogP contribution >= 0.6 is 0 Å². The number of aliphatic carboxylic acids is 2. The van der Waals surface area contributed by atoms with E-state index in [-0.39, 0.29) is 11.1 Å². The van der Waals surface area contributed by atoms with Crippen molar-refractivity contribution in [3.05, 3.63) is 71.8 Å². The van der Waals surface area contributed by atoms with Crippen LogP contribution in [0.1, 0.15) is 46.4 Å². The molecule has 1 fully saturated rings. The number of esters is 4. The Morgan fingerprint density at radius 1 is 0.658 bits per heavy atom. The number of carboxylic acids is 2. The van der Waals surface area contributed by atoms with Gasteiger partial charge in [-0.15, -0.1) is 0 Å². The summed E-state index contributed by atoms with van der Waals surface area (Å²) in [5.41, 5.74) is 0.264. The Morgan fingerprint density at radius 2 is 1.00 bits per heavy atom. The van der Waals surface area contributed by atoms with Crippen molar-refractivity contribution in [3.63, 3.8) is 0 Å². The molecule has 0 aliphatic heterocycles. The molecule has 0 radical (unpaired) electrons. The topological polar surface area (TPSA) is 185 Å². The fraction of sp³-hybridized carbons (Fsp3) is 0.308. The molecule has 3 rings (SSSR count). The van der Waals surface area contributed by atoms with Crippen LogP contribution < -0.4 is 10.6 Å². The third-order valence-electron chi connectivity index (χ3n) is 5.87. The first-order valence-corrected chi connectivity index (χ1v) is 11.7. The molecule has 200 valence electrons. The SMILES string of the molecule is O=C(C[C@H](NC1CCC1N[C@@H](CC(=O)OC(=O)c1ccccc1)C(=O)O)C(=O)O)OC(=O)c1ccccc1. The molecule has 0 amide bonds. The minimum absolute atomic E-state index is 0.132. The molecule has 38 heavy (non-hydrogen) atoms. The summed E-state index contributed by atoms with van der Waals surface area (Å²) >= 11 is 0. The van der Waals surface area contributed by atoms with Crippen LogP contribution in [0.5, 0.6) is 0 Å². The van der Waals surface area contributed by atoms with Gasteiger partial charge >= 0.3 is 35.8 Å². The number of nitrogens with one attached hydrogen (secondary N) is 2. The Bertz CT molecular complexity index is 1090. The molecule has 0 saturated heterocycles. The lowest BCUT2D eigenvalue weighted by atomic mass is 9.84. The summed E-state index contributed by atoms with van der Waals surface area (Å²) in [5, 5.41) is 24.6. The van der Waals surface area contributed by atoms with Crippen LogP contribution in [0.2, 0.25) is 0 Å². The van der Waals surface area contributed by atoms with Gasteiger partial charge in [-0.05, 0) is 37.1 Å². The maximum Gasteiger partial charge on any atom is 0.345 e. The smallest absolute Gasteiger partial charge is 0.345 e. The molecule has 1 aliphatic rings. The molecule has 1 saturated carbocycles. The van der Waals surface area contributed by atoms with Gasteiger partial charge in [-0.2, -0.15) is 0 Å². The van der Waals surface area contributed by atoms with E-state index in [1.54, 1.807) is 36.4 Å². The molecular weight excluding hydrogens is 500 g/mol. The van der Waals surface area contributed by atoms with Crippen molar-refractivity contribution in [1.82, 2.24) is 10.6 Å². The summed E-state index contributed by atoms with van der Waals surface area (Å²) in [5.74, 6) is -6.64. The molecule has 4 N–H and O–H groups in total. The Morgan fingerprint density at radius 3 is 1.29 bits per heavy atom. The molecule has 0 aromatic heterocycles. The second-order valence-electron chi connectivity index (χ2n) is 8.57. The Balaban J connectivity index is 1.52. The summed E-state index contributed by atoms with van der Waals surface area (Å²) in [7, 11) is 0. The zero-order valence-corrected chi connectivity index (χ0v) is 20.1. The van der Waals surface area contributed by atoms with Gasteiger partial charge in [0, 0.05) is 12.1 Å². The second-order valence-corrected chi connectivity index (χ2v) is 8.57. The summed E-state index contributed by atoms with van der Waals surface area (Å²) in [4.78, 5) is 71.8. The van der Waals surface area contributed by atoms with Gasteiger partial charge in [-0.3, -0.25) is 29.8 Å². The predicted octanol–water partition coefficient (Wildman–Crippen LogP) is 1.15. The third kappa shape index (κ3) is 8.05. The van der Waals surface area contributed by atoms with Gasteiger partial charge in [0.2, 0.25) is 0 Å². The van der Waals surface area contributed by atoms with Crippen molar-refractivity contribution in [2.45, 2.75) is 49.9 Å². The number of hydrogen-bond acceptors (Lipinski definition) is 10. The van der Waals surface area contributed by atoms with Crippen LogP contribution in [0.15, 0.2) is 60.7 Å². The van der Waals surface area contributed by atoms with Gasteiger partial charge in [0.05, 0.1) is 24.0 Å². The fourth-order valence-corrected chi connectivity index (χ4v) is 3.74. The van der Waals surface area contributed by atoms with E-state index in [1.165, 1.54) is 24.3 Å². The van der Waals surface area contributed by atoms with Crippen LogP contribution in [0, 0.1) is 0 Å². The highest BCUT2D eigenvalue weighted by atomic mass is 16.6. The lowest BCUT2D eigenvalue weighted by molar-refractivity contribution is -0.147. The van der Waals surface area contributed by atoms with E-state index in [9.17, 15) is 39.0 Å². The molecule has 2 aromatic rings. The number of rotatable bonds is 12. The fourth-order valence-electron chi connectivity index (χ4n) is 3.74. The Labute approximate surface area is 216 Å². The van der Waals surface area contributed by atoms with Crippen LogP contribution in [0.4, 0.5) is 0 Å². The number of carbonyl (C=O) groups excluding carboxylic acids is 4. The molecule has 1 aliphatic carbocycles. The zero-order chi connectivity index (χ0) is 27.7. The van der Waals surface area contributed by atoms with Gasteiger partial charge < -0.3 is 19.7 Å². The quantitative estimate of drug-likeness (QED) is 0.229. The summed E-state index contributed by atoms with van der Waals surface area (Å²) < 4.78 is 9.45. The average Bonchev–Trinajstić information content (AvgIpc) is 2.88. The van der Waals surface area contributed by atoms with Crippen molar-refractivity contribution in [2.24, 2.45) is 0 Å². The normalized spacial score (nSPS) is 17.8. The van der Waals surface area contributed by atoms with Gasteiger partial charge in [0.25, 0.3) is 0 Å². The minimum Gasteiger partial charge on any atom is -0.480 e. The third-order valence-corrected chi connectivity index (χ3v) is 5.87. The first-order chi connectivity index (χ1) is 18.1. The molecule has 0 heterocycles. The van der Waals surface area contributed by atoms with E-state index in [2.05, 4.69) is 10.6 Å². The molecule has 2 aromatic carbocycles. The van der Waals surface area contributed by atoms with E-state index < -0.39 is 72.8 Å². The van der Waals surface area contributed by atoms with Crippen molar-refractivity contribution >= 4 is 35.8 Å². The van der Waals surface area contributed by atoms with Gasteiger partial charge in [0.15, 0.2) is 0 Å². The Kier molecular flexibility index (Phi) is 9.79. The van der Waals surface area contributed by atoms with Crippen LogP contribution in [-0.2, 0) is 28.7 Å². The highest BCUT2D eigenvalue weighted by Gasteiger charge is 2.38. The van der Waals surface area contributed by atoms with E-state index in [0.717, 1.165) is 0 Å². The molecule has 2 unspecified atom stereocenters. The maximum absolute atomic E-state index is 12.2. The van der Waals surface area contributed by atoms with Gasteiger partial charge in [-0.1, -0.05) is 36.4 Å². The molecular formula is C26H26N2O10. The van der Waals surface area contributed by atoms with E-state index >= 15 is 0 Å². The minimum atomic E-state index is -1.41. The molecule has 4 atom stereocenters. The van der Waals surface area contributed by atoms with E-state index in [0.29, 0.717) is 12.8 Å². The van der Waals surface area contributed by atoms with Crippen LogP contribution in [0.25, 0.3) is 0 Å². The largest absolute Gasteiger partial charge is 0.480 e. The molecule has 12 heteroatoms. The first kappa shape index (κ1) is 28.2. The van der Waals surface area contributed by atoms with E-state index in [1.807, 2.05) is 0 Å². The van der Waals surface area contributed by atoms with Crippen molar-refractivity contribution in [1.29, 1.82) is 0 Å². The summed E-state index contributed by atoms with van der Waals surface area (Å²) in [6.45, 7) is 0. The zero-order valence-electron chi connectivity index (χ0n) is 20.1. The predicted molar refractivity (Wildman–Crippen MR) is 129 cm³/mol. The van der Waals surface area contributed by atoms with Crippen molar-refractivity contribution < 1.29 is 48.5 Å². The number of carbonyl (C=O) groups is 6. The standard InChI is InChI=1S/C26H26N2O10/c29-21(37-25(35)15-7-3-1-4-8-15)13-19(23(31)32)27-17-11-12-18(17)28-20(24(33)34)14-22(30)38-26(36)16-9-5-2-6-10-16/h1-10,17-20,27-28H,11-14H2,(H,31,32)(H,33,34)/t17?,18?,19-,20-/m0/s1.